The van der Waals surface area contributed by atoms with Crippen molar-refractivity contribution in [2.75, 3.05) is 26.2 Å². The first-order chi connectivity index (χ1) is 14.3. The smallest absolute Gasteiger partial charge is 0.191 e. The van der Waals surface area contributed by atoms with Gasteiger partial charge in [0.25, 0.3) is 0 Å². The molecule has 0 aromatic carbocycles. The van der Waals surface area contributed by atoms with Crippen molar-refractivity contribution in [3.63, 3.8) is 0 Å². The van der Waals surface area contributed by atoms with E-state index in [-0.39, 0.29) is 6.04 Å². The number of hydrogen-bond acceptors (Lipinski definition) is 5. The SMILES string of the molecule is CCNC(=NCc1nnc2ccccn12)NCC(c1ccco1)N1CCCCC1. The summed E-state index contributed by atoms with van der Waals surface area (Å²) in [6, 6.07) is 10.1. The molecule has 0 amide bonds. The number of hydrogen-bond donors (Lipinski definition) is 2. The fourth-order valence-corrected chi connectivity index (χ4v) is 3.80. The Morgan fingerprint density at radius 1 is 1.14 bits per heavy atom. The van der Waals surface area contributed by atoms with Gasteiger partial charge in [-0.05, 0) is 57.1 Å². The van der Waals surface area contributed by atoms with Gasteiger partial charge in [-0.2, -0.15) is 0 Å². The van der Waals surface area contributed by atoms with Crippen LogP contribution in [0.5, 0.6) is 0 Å². The number of furan rings is 1. The predicted octanol–water partition coefficient (Wildman–Crippen LogP) is 2.60. The lowest BCUT2D eigenvalue weighted by Crippen LogP contribution is -2.44. The molecule has 0 radical (unpaired) electrons. The number of piperidine rings is 1. The Kier molecular flexibility index (Phi) is 6.41. The Bertz CT molecular complexity index is 912. The second-order valence-corrected chi connectivity index (χ2v) is 7.25. The fraction of sp³-hybridized carbons (Fsp3) is 0.476. The number of rotatable bonds is 7. The van der Waals surface area contributed by atoms with Crippen LogP contribution in [0.25, 0.3) is 5.65 Å². The van der Waals surface area contributed by atoms with Crippen LogP contribution in [-0.4, -0.2) is 51.6 Å². The summed E-state index contributed by atoms with van der Waals surface area (Å²) in [7, 11) is 0. The summed E-state index contributed by atoms with van der Waals surface area (Å²) in [5, 5.41) is 15.3. The molecule has 0 bridgehead atoms. The monoisotopic (exact) mass is 395 g/mol. The molecule has 1 saturated heterocycles. The zero-order chi connectivity index (χ0) is 19.9. The first-order valence-corrected chi connectivity index (χ1v) is 10.4. The van der Waals surface area contributed by atoms with Crippen LogP contribution in [0, 0.1) is 0 Å². The Morgan fingerprint density at radius 2 is 2.03 bits per heavy atom. The number of aromatic nitrogens is 3. The molecule has 8 nitrogen and oxygen atoms in total. The normalized spacial score (nSPS) is 16.8. The van der Waals surface area contributed by atoms with Gasteiger partial charge in [0, 0.05) is 19.3 Å². The van der Waals surface area contributed by atoms with E-state index in [2.05, 4.69) is 38.7 Å². The average molecular weight is 396 g/mol. The van der Waals surface area contributed by atoms with E-state index in [1.165, 1.54) is 19.3 Å². The maximum absolute atomic E-state index is 5.74. The molecule has 1 aliphatic rings. The van der Waals surface area contributed by atoms with Crippen molar-refractivity contribution in [2.45, 2.75) is 38.8 Å². The largest absolute Gasteiger partial charge is 0.468 e. The standard InChI is InChI=1S/C21H29N7O/c1-2-22-21(24-16-20-26-25-19-10-4-7-13-28(19)20)23-15-17(18-9-8-14-29-18)27-11-5-3-6-12-27/h4,7-10,13-14,17H,2-3,5-6,11-12,15-16H2,1H3,(H2,22,23,24). The summed E-state index contributed by atoms with van der Waals surface area (Å²) in [6.45, 7) is 6.26. The summed E-state index contributed by atoms with van der Waals surface area (Å²) in [6.07, 6.45) is 7.51. The zero-order valence-corrected chi connectivity index (χ0v) is 16.9. The molecule has 4 rings (SSSR count). The van der Waals surface area contributed by atoms with E-state index in [1.807, 2.05) is 34.9 Å². The summed E-state index contributed by atoms with van der Waals surface area (Å²) in [5.41, 5.74) is 0.832. The highest BCUT2D eigenvalue weighted by Crippen LogP contribution is 2.24. The lowest BCUT2D eigenvalue weighted by Gasteiger charge is -2.33. The van der Waals surface area contributed by atoms with Crippen LogP contribution < -0.4 is 10.6 Å². The highest BCUT2D eigenvalue weighted by Gasteiger charge is 2.24. The van der Waals surface area contributed by atoms with E-state index in [9.17, 15) is 0 Å². The van der Waals surface area contributed by atoms with E-state index < -0.39 is 0 Å². The minimum Gasteiger partial charge on any atom is -0.468 e. The van der Waals surface area contributed by atoms with Crippen molar-refractivity contribution >= 4 is 11.6 Å². The Balaban J connectivity index is 1.45. The molecule has 1 unspecified atom stereocenters. The second-order valence-electron chi connectivity index (χ2n) is 7.25. The Hall–Kier alpha value is -2.87. The molecule has 1 fully saturated rings. The molecule has 0 spiro atoms. The third kappa shape index (κ3) is 4.76. The molecule has 3 aromatic heterocycles. The number of nitrogens with zero attached hydrogens (tertiary/aromatic N) is 5. The van der Waals surface area contributed by atoms with E-state index in [0.717, 1.165) is 49.4 Å². The minimum absolute atomic E-state index is 0.197. The van der Waals surface area contributed by atoms with Crippen LogP contribution in [0.2, 0.25) is 0 Å². The fourth-order valence-electron chi connectivity index (χ4n) is 3.80. The third-order valence-corrected chi connectivity index (χ3v) is 5.27. The number of likely N-dealkylation sites (tertiary alicyclic amines) is 1. The number of aliphatic imine (C=N–C) groups is 1. The van der Waals surface area contributed by atoms with Crippen LogP contribution in [0.3, 0.4) is 0 Å². The Labute approximate surface area is 171 Å². The summed E-state index contributed by atoms with van der Waals surface area (Å²) in [5.74, 6) is 2.59. The van der Waals surface area contributed by atoms with E-state index in [1.54, 1.807) is 6.26 Å². The lowest BCUT2D eigenvalue weighted by atomic mass is 10.1. The highest BCUT2D eigenvalue weighted by atomic mass is 16.3. The van der Waals surface area contributed by atoms with Gasteiger partial charge in [0.15, 0.2) is 17.4 Å². The summed E-state index contributed by atoms with van der Waals surface area (Å²) < 4.78 is 7.71. The topological polar surface area (TPSA) is 83.0 Å². The van der Waals surface area contributed by atoms with Crippen molar-refractivity contribution in [3.05, 3.63) is 54.4 Å². The quantitative estimate of drug-likeness (QED) is 0.473. The van der Waals surface area contributed by atoms with Crippen LogP contribution >= 0.6 is 0 Å². The Morgan fingerprint density at radius 3 is 2.83 bits per heavy atom. The molecule has 29 heavy (non-hydrogen) atoms. The molecule has 154 valence electrons. The average Bonchev–Trinajstić information content (AvgIpc) is 3.43. The van der Waals surface area contributed by atoms with Crippen LogP contribution in [-0.2, 0) is 6.54 Å². The van der Waals surface area contributed by atoms with Crippen LogP contribution in [0.15, 0.2) is 52.2 Å². The molecular weight excluding hydrogens is 366 g/mol. The van der Waals surface area contributed by atoms with Gasteiger partial charge in [-0.15, -0.1) is 10.2 Å². The minimum atomic E-state index is 0.197. The molecule has 1 aliphatic heterocycles. The zero-order valence-electron chi connectivity index (χ0n) is 16.9. The van der Waals surface area contributed by atoms with Crippen molar-refractivity contribution in [2.24, 2.45) is 4.99 Å². The van der Waals surface area contributed by atoms with Gasteiger partial charge in [0.1, 0.15) is 12.3 Å². The maximum atomic E-state index is 5.74. The van der Waals surface area contributed by atoms with E-state index in [0.29, 0.717) is 6.54 Å². The molecular formula is C21H29N7O. The van der Waals surface area contributed by atoms with Crippen molar-refractivity contribution < 1.29 is 4.42 Å². The first-order valence-electron chi connectivity index (χ1n) is 10.4. The van der Waals surface area contributed by atoms with Gasteiger partial charge in [-0.25, -0.2) is 4.99 Å². The molecule has 8 heteroatoms. The van der Waals surface area contributed by atoms with Crippen LogP contribution in [0.4, 0.5) is 0 Å². The van der Waals surface area contributed by atoms with E-state index >= 15 is 0 Å². The van der Waals surface area contributed by atoms with Gasteiger partial charge in [0.2, 0.25) is 0 Å². The third-order valence-electron chi connectivity index (χ3n) is 5.27. The molecule has 4 heterocycles. The van der Waals surface area contributed by atoms with Gasteiger partial charge in [0.05, 0.1) is 12.3 Å². The molecule has 0 saturated carbocycles. The molecule has 0 aliphatic carbocycles. The lowest BCUT2D eigenvalue weighted by molar-refractivity contribution is 0.146. The summed E-state index contributed by atoms with van der Waals surface area (Å²) >= 11 is 0. The number of guanidine groups is 1. The first kappa shape index (κ1) is 19.4. The molecule has 1 atom stereocenters. The summed E-state index contributed by atoms with van der Waals surface area (Å²) in [4.78, 5) is 7.23. The number of fused-ring (bicyclic) bond motifs is 1. The number of nitrogens with one attached hydrogen (secondary N) is 2. The van der Waals surface area contributed by atoms with Gasteiger partial charge in [-0.1, -0.05) is 12.5 Å². The molecule has 2 N–H and O–H groups in total. The van der Waals surface area contributed by atoms with Crippen molar-refractivity contribution in [3.8, 4) is 0 Å². The number of pyridine rings is 1. The predicted molar refractivity (Wildman–Crippen MR) is 113 cm³/mol. The van der Waals surface area contributed by atoms with E-state index in [4.69, 9.17) is 9.41 Å². The molecule has 3 aromatic rings. The van der Waals surface area contributed by atoms with Crippen molar-refractivity contribution in [1.82, 2.24) is 30.1 Å². The second kappa shape index (κ2) is 9.56. The van der Waals surface area contributed by atoms with Gasteiger partial charge >= 0.3 is 0 Å². The maximum Gasteiger partial charge on any atom is 0.191 e. The van der Waals surface area contributed by atoms with Gasteiger partial charge < -0.3 is 15.1 Å². The van der Waals surface area contributed by atoms with Gasteiger partial charge in [-0.3, -0.25) is 9.30 Å². The van der Waals surface area contributed by atoms with Crippen molar-refractivity contribution in [1.29, 1.82) is 0 Å². The van der Waals surface area contributed by atoms with Crippen LogP contribution in [0.1, 0.15) is 43.8 Å². The highest BCUT2D eigenvalue weighted by molar-refractivity contribution is 5.79.